The van der Waals surface area contributed by atoms with Gasteiger partial charge in [0.25, 0.3) is 0 Å². The van der Waals surface area contributed by atoms with Crippen LogP contribution in [0.5, 0.6) is 11.5 Å². The molecule has 29 heavy (non-hydrogen) atoms. The summed E-state index contributed by atoms with van der Waals surface area (Å²) in [4.78, 5) is 12.2. The second-order valence-electron chi connectivity index (χ2n) is 6.36. The van der Waals surface area contributed by atoms with E-state index in [1.54, 1.807) is 44.6 Å². The summed E-state index contributed by atoms with van der Waals surface area (Å²) in [5.74, 6) is 1.06. The molecule has 2 aromatic carbocycles. The average molecular weight is 485 g/mol. The topological polar surface area (TPSA) is 84.9 Å². The van der Waals surface area contributed by atoms with Crippen molar-refractivity contribution in [3.8, 4) is 11.5 Å². The van der Waals surface area contributed by atoms with E-state index in [-0.39, 0.29) is 18.9 Å². The zero-order valence-corrected chi connectivity index (χ0v) is 19.0. The number of nitrogens with zero attached hydrogens (tertiary/aromatic N) is 1. The second kappa shape index (κ2) is 10.5. The fourth-order valence-corrected chi connectivity index (χ4v) is 4.38. The molecule has 2 rings (SSSR count). The van der Waals surface area contributed by atoms with Crippen molar-refractivity contribution in [1.29, 1.82) is 0 Å². The molecule has 0 spiro atoms. The Kier molecular flexibility index (Phi) is 8.33. The minimum absolute atomic E-state index is 0.152. The van der Waals surface area contributed by atoms with Crippen LogP contribution in [0.1, 0.15) is 18.4 Å². The van der Waals surface area contributed by atoms with Gasteiger partial charge in [-0.1, -0.05) is 18.2 Å². The van der Waals surface area contributed by atoms with Crippen LogP contribution in [0.4, 0.5) is 5.69 Å². The highest BCUT2D eigenvalue weighted by molar-refractivity contribution is 9.10. The van der Waals surface area contributed by atoms with Crippen LogP contribution in [0.2, 0.25) is 0 Å². The maximum atomic E-state index is 12.2. The molecule has 0 saturated heterocycles. The molecule has 0 bridgehead atoms. The molecule has 0 fully saturated rings. The Morgan fingerprint density at radius 3 is 2.41 bits per heavy atom. The lowest BCUT2D eigenvalue weighted by molar-refractivity contribution is -0.121. The molecule has 0 aliphatic rings. The van der Waals surface area contributed by atoms with Gasteiger partial charge in [0.15, 0.2) is 11.5 Å². The highest BCUT2D eigenvalue weighted by Crippen LogP contribution is 2.28. The van der Waals surface area contributed by atoms with Crippen molar-refractivity contribution in [1.82, 2.24) is 5.32 Å². The summed E-state index contributed by atoms with van der Waals surface area (Å²) < 4.78 is 36.8. The lowest BCUT2D eigenvalue weighted by Gasteiger charge is -2.23. The molecule has 1 amide bonds. The average Bonchev–Trinajstić information content (AvgIpc) is 2.69. The number of para-hydroxylation sites is 1. The number of ether oxygens (including phenoxy) is 2. The quantitative estimate of drug-likeness (QED) is 0.558. The Balaban J connectivity index is 1.91. The number of amides is 1. The Morgan fingerprint density at radius 2 is 1.79 bits per heavy atom. The molecule has 7 nitrogen and oxygen atoms in total. The normalized spacial score (nSPS) is 11.0. The van der Waals surface area contributed by atoms with Crippen LogP contribution < -0.4 is 19.1 Å². The maximum absolute atomic E-state index is 12.2. The summed E-state index contributed by atoms with van der Waals surface area (Å²) in [5.41, 5.74) is 1.43. The summed E-state index contributed by atoms with van der Waals surface area (Å²) in [7, 11) is -0.345. The van der Waals surface area contributed by atoms with Crippen molar-refractivity contribution in [3.63, 3.8) is 0 Å². The zero-order valence-electron chi connectivity index (χ0n) is 16.6. The first kappa shape index (κ1) is 23.0. The van der Waals surface area contributed by atoms with E-state index in [0.717, 1.165) is 11.8 Å². The summed E-state index contributed by atoms with van der Waals surface area (Å²) in [5, 5.41) is 2.84. The molecule has 0 unspecified atom stereocenters. The first-order chi connectivity index (χ1) is 13.8. The molecule has 1 N–H and O–H groups in total. The van der Waals surface area contributed by atoms with Gasteiger partial charge in [0, 0.05) is 24.0 Å². The molecule has 0 radical (unpaired) electrons. The molecule has 158 valence electrons. The number of carbonyl (C=O) groups is 1. The Labute approximate surface area is 180 Å². The second-order valence-corrected chi connectivity index (χ2v) is 9.12. The van der Waals surface area contributed by atoms with Crippen molar-refractivity contribution >= 4 is 37.5 Å². The van der Waals surface area contributed by atoms with Crippen molar-refractivity contribution in [2.24, 2.45) is 0 Å². The largest absolute Gasteiger partial charge is 0.493 e. The number of nitrogens with one attached hydrogen (secondary N) is 1. The van der Waals surface area contributed by atoms with Crippen molar-refractivity contribution < 1.29 is 22.7 Å². The van der Waals surface area contributed by atoms with E-state index in [9.17, 15) is 13.2 Å². The lowest BCUT2D eigenvalue weighted by Crippen LogP contribution is -2.32. The molecule has 0 aliphatic heterocycles. The van der Waals surface area contributed by atoms with E-state index in [0.29, 0.717) is 34.6 Å². The van der Waals surface area contributed by atoms with Gasteiger partial charge in [0.05, 0.1) is 26.2 Å². The number of rotatable bonds is 10. The summed E-state index contributed by atoms with van der Waals surface area (Å²) in [6.45, 7) is 0.560. The van der Waals surface area contributed by atoms with Crippen LogP contribution in [0.3, 0.4) is 0 Å². The van der Waals surface area contributed by atoms with Crippen LogP contribution in [0.15, 0.2) is 46.9 Å². The third kappa shape index (κ3) is 6.64. The van der Waals surface area contributed by atoms with Crippen LogP contribution in [-0.2, 0) is 21.4 Å². The highest BCUT2D eigenvalue weighted by Gasteiger charge is 2.19. The number of hydrogen-bond donors (Lipinski definition) is 1. The van der Waals surface area contributed by atoms with E-state index in [4.69, 9.17) is 9.47 Å². The Morgan fingerprint density at radius 1 is 1.10 bits per heavy atom. The monoisotopic (exact) mass is 484 g/mol. The zero-order chi connectivity index (χ0) is 21.4. The predicted molar refractivity (Wildman–Crippen MR) is 117 cm³/mol. The van der Waals surface area contributed by atoms with Crippen LogP contribution in [0, 0.1) is 0 Å². The number of benzene rings is 2. The van der Waals surface area contributed by atoms with Gasteiger partial charge in [-0.25, -0.2) is 8.42 Å². The molecular weight excluding hydrogens is 460 g/mol. The SMILES string of the molecule is COc1ccc(CNC(=O)CCCN(c2ccccc2Br)S(C)(=O)=O)cc1OC. The summed E-state index contributed by atoms with van der Waals surface area (Å²) in [6, 6.07) is 12.5. The third-order valence-electron chi connectivity index (χ3n) is 4.22. The van der Waals surface area contributed by atoms with Gasteiger partial charge < -0.3 is 14.8 Å². The van der Waals surface area contributed by atoms with Gasteiger partial charge in [-0.15, -0.1) is 0 Å². The van der Waals surface area contributed by atoms with Crippen LogP contribution >= 0.6 is 15.9 Å². The van der Waals surface area contributed by atoms with Crippen LogP contribution in [-0.4, -0.2) is 41.3 Å². The van der Waals surface area contributed by atoms with Crippen molar-refractivity contribution in [2.45, 2.75) is 19.4 Å². The standard InChI is InChI=1S/C20H25BrN2O5S/c1-27-18-11-10-15(13-19(18)28-2)14-22-20(24)9-6-12-23(29(3,25)26)17-8-5-4-7-16(17)21/h4-5,7-8,10-11,13H,6,9,12,14H2,1-3H3,(H,22,24). The number of methoxy groups -OCH3 is 2. The molecule has 2 aromatic rings. The van der Waals surface area contributed by atoms with Gasteiger partial charge in [-0.2, -0.15) is 0 Å². The molecular formula is C20H25BrN2O5S. The van der Waals surface area contributed by atoms with Gasteiger partial charge in [-0.3, -0.25) is 9.10 Å². The number of carbonyl (C=O) groups excluding carboxylic acids is 1. The molecule has 0 heterocycles. The van der Waals surface area contributed by atoms with E-state index in [1.807, 2.05) is 12.1 Å². The Bertz CT molecular complexity index is 950. The first-order valence-electron chi connectivity index (χ1n) is 8.96. The van der Waals surface area contributed by atoms with E-state index < -0.39 is 10.0 Å². The minimum Gasteiger partial charge on any atom is -0.493 e. The Hall–Kier alpha value is -2.26. The van der Waals surface area contributed by atoms with Gasteiger partial charge in [-0.05, 0) is 52.2 Å². The number of anilines is 1. The predicted octanol–water partition coefficient (Wildman–Crippen LogP) is 3.33. The molecule has 0 saturated carbocycles. The van der Waals surface area contributed by atoms with Gasteiger partial charge in [0.2, 0.25) is 15.9 Å². The third-order valence-corrected chi connectivity index (χ3v) is 6.07. The minimum atomic E-state index is -3.46. The molecule has 9 heteroatoms. The molecule has 0 aromatic heterocycles. The van der Waals surface area contributed by atoms with E-state index in [2.05, 4.69) is 21.2 Å². The van der Waals surface area contributed by atoms with E-state index in [1.165, 1.54) is 4.31 Å². The molecule has 0 atom stereocenters. The fourth-order valence-electron chi connectivity index (χ4n) is 2.78. The van der Waals surface area contributed by atoms with Crippen molar-refractivity contribution in [2.75, 3.05) is 31.3 Å². The molecule has 0 aliphatic carbocycles. The highest BCUT2D eigenvalue weighted by atomic mass is 79.9. The first-order valence-corrected chi connectivity index (χ1v) is 11.6. The summed E-state index contributed by atoms with van der Waals surface area (Å²) in [6.07, 6.45) is 1.76. The maximum Gasteiger partial charge on any atom is 0.232 e. The summed E-state index contributed by atoms with van der Waals surface area (Å²) >= 11 is 3.38. The van der Waals surface area contributed by atoms with E-state index >= 15 is 0 Å². The number of sulfonamides is 1. The fraction of sp³-hybridized carbons (Fsp3) is 0.350. The van der Waals surface area contributed by atoms with Crippen molar-refractivity contribution in [3.05, 3.63) is 52.5 Å². The smallest absolute Gasteiger partial charge is 0.232 e. The number of halogens is 1. The van der Waals surface area contributed by atoms with Gasteiger partial charge in [0.1, 0.15) is 0 Å². The van der Waals surface area contributed by atoms with Crippen LogP contribution in [0.25, 0.3) is 0 Å². The van der Waals surface area contributed by atoms with Gasteiger partial charge >= 0.3 is 0 Å². The number of hydrogen-bond acceptors (Lipinski definition) is 5. The lowest BCUT2D eigenvalue weighted by atomic mass is 10.2.